The fraction of sp³-hybridized carbons (Fsp3) is 0.400. The van der Waals surface area contributed by atoms with Gasteiger partial charge in [0.25, 0.3) is 0 Å². The molecular formula is C30H28N2O5. The lowest BCUT2D eigenvalue weighted by Gasteiger charge is -2.37. The number of allylic oxidation sites excluding steroid dienone is 2. The Labute approximate surface area is 215 Å². The lowest BCUT2D eigenvalue weighted by Crippen LogP contribution is -2.40. The number of carbonyl (C=O) groups excluding carboxylic acids is 4. The van der Waals surface area contributed by atoms with Gasteiger partial charge in [0.05, 0.1) is 23.4 Å². The number of para-hydroxylation sites is 1. The normalized spacial score (nSPS) is 33.1. The number of anilines is 2. The third kappa shape index (κ3) is 3.32. The minimum absolute atomic E-state index is 0.0909. The highest BCUT2D eigenvalue weighted by molar-refractivity contribution is 6.22. The number of carbonyl (C=O) groups is 4. The fourth-order valence-corrected chi connectivity index (χ4v) is 7.25. The van der Waals surface area contributed by atoms with Crippen LogP contribution in [0.2, 0.25) is 0 Å². The van der Waals surface area contributed by atoms with Crippen LogP contribution in [-0.4, -0.2) is 30.2 Å². The number of benzene rings is 2. The zero-order valence-corrected chi connectivity index (χ0v) is 20.6. The van der Waals surface area contributed by atoms with Gasteiger partial charge in [-0.05, 0) is 72.4 Å². The van der Waals surface area contributed by atoms with Crippen molar-refractivity contribution in [2.24, 2.45) is 41.4 Å². The number of aryl methyl sites for hydroxylation is 1. The Bertz CT molecular complexity index is 1330. The number of nitrogens with zero attached hydrogens (tertiary/aromatic N) is 2. The van der Waals surface area contributed by atoms with Gasteiger partial charge in [-0.25, -0.2) is 0 Å². The minimum Gasteiger partial charge on any atom is -0.426 e. The van der Waals surface area contributed by atoms with E-state index in [-0.39, 0.29) is 54.4 Å². The number of rotatable bonds is 5. The van der Waals surface area contributed by atoms with E-state index in [0.717, 1.165) is 24.1 Å². The topological polar surface area (TPSA) is 84.0 Å². The largest absolute Gasteiger partial charge is 0.426 e. The number of hydrogen-bond donors (Lipinski definition) is 0. The van der Waals surface area contributed by atoms with Crippen molar-refractivity contribution in [1.29, 1.82) is 0 Å². The van der Waals surface area contributed by atoms with Crippen LogP contribution in [0.3, 0.4) is 0 Å². The van der Waals surface area contributed by atoms with Gasteiger partial charge in [0.1, 0.15) is 5.75 Å². The third-order valence-electron chi connectivity index (χ3n) is 9.10. The van der Waals surface area contributed by atoms with Crippen LogP contribution < -0.4 is 14.5 Å². The van der Waals surface area contributed by atoms with Gasteiger partial charge in [0, 0.05) is 18.7 Å². The average molecular weight is 497 g/mol. The van der Waals surface area contributed by atoms with Gasteiger partial charge in [0.15, 0.2) is 0 Å². The molecule has 0 aromatic heterocycles. The maximum absolute atomic E-state index is 13.3. The Hall–Kier alpha value is -3.74. The van der Waals surface area contributed by atoms with Crippen LogP contribution in [0, 0.1) is 41.4 Å². The molecule has 4 aliphatic carbocycles. The molecule has 0 radical (unpaired) electrons. The van der Waals surface area contributed by atoms with Crippen molar-refractivity contribution in [3.63, 3.8) is 0 Å². The van der Waals surface area contributed by atoms with Crippen molar-refractivity contribution in [3.05, 3.63) is 66.2 Å². The number of esters is 1. The first kappa shape index (κ1) is 22.5. The molecule has 7 atom stereocenters. The van der Waals surface area contributed by atoms with Crippen LogP contribution >= 0.6 is 0 Å². The van der Waals surface area contributed by atoms with Crippen molar-refractivity contribution in [2.75, 3.05) is 16.3 Å². The van der Waals surface area contributed by atoms with Crippen LogP contribution in [0.25, 0.3) is 0 Å². The van der Waals surface area contributed by atoms with Gasteiger partial charge in [-0.15, -0.1) is 0 Å². The molecule has 2 saturated carbocycles. The van der Waals surface area contributed by atoms with E-state index in [9.17, 15) is 19.2 Å². The Morgan fingerprint density at radius 2 is 1.57 bits per heavy atom. The monoisotopic (exact) mass is 496 g/mol. The van der Waals surface area contributed by atoms with Gasteiger partial charge in [-0.3, -0.25) is 24.1 Å². The first-order chi connectivity index (χ1) is 18.0. The van der Waals surface area contributed by atoms with Crippen LogP contribution in [0.4, 0.5) is 11.4 Å². The summed E-state index contributed by atoms with van der Waals surface area (Å²) >= 11 is 0. The van der Waals surface area contributed by atoms with Crippen molar-refractivity contribution in [1.82, 2.24) is 0 Å². The summed E-state index contributed by atoms with van der Waals surface area (Å²) in [7, 11) is 0. The second-order valence-corrected chi connectivity index (χ2v) is 11.0. The molecule has 188 valence electrons. The highest BCUT2D eigenvalue weighted by atomic mass is 16.5. The van der Waals surface area contributed by atoms with Gasteiger partial charge in [-0.1, -0.05) is 37.3 Å². The van der Waals surface area contributed by atoms with Crippen LogP contribution in [0.1, 0.15) is 25.3 Å². The quantitative estimate of drug-likeness (QED) is 0.272. The second kappa shape index (κ2) is 8.13. The summed E-state index contributed by atoms with van der Waals surface area (Å²) in [6.45, 7) is 2.32. The highest BCUT2D eigenvalue weighted by Crippen LogP contribution is 2.65. The molecule has 2 aliphatic heterocycles. The molecule has 6 aliphatic rings. The maximum atomic E-state index is 13.3. The first-order valence-corrected chi connectivity index (χ1v) is 13.2. The van der Waals surface area contributed by atoms with Gasteiger partial charge >= 0.3 is 5.97 Å². The molecule has 7 nitrogen and oxygen atoms in total. The van der Waals surface area contributed by atoms with Crippen molar-refractivity contribution in [2.45, 2.75) is 26.2 Å². The fourth-order valence-electron chi connectivity index (χ4n) is 7.25. The standard InChI is InChI=1S/C30H28N2O5/c1-2-16-5-3-4-6-24(16)31-15-17(13-25(31)33)30(36)37-19-9-7-18(8-10-19)32-28(34)26-20-11-12-21(23-14-22(20)23)27(26)29(32)35/h3-12,17,20-23,26-27H,2,13-15H2,1H3/t17-,20+,21+,22+,23+,26-,27-/m1/s1. The molecule has 0 N–H and O–H groups in total. The van der Waals surface area contributed by atoms with E-state index < -0.39 is 11.9 Å². The summed E-state index contributed by atoms with van der Waals surface area (Å²) in [6.07, 6.45) is 6.35. The molecular weight excluding hydrogens is 468 g/mol. The summed E-state index contributed by atoms with van der Waals surface area (Å²) in [5, 5.41) is 0. The van der Waals surface area contributed by atoms with Crippen LogP contribution in [-0.2, 0) is 25.6 Å². The third-order valence-corrected chi connectivity index (χ3v) is 9.10. The molecule has 2 aromatic carbocycles. The second-order valence-electron chi connectivity index (χ2n) is 11.0. The molecule has 0 spiro atoms. The first-order valence-electron chi connectivity index (χ1n) is 13.2. The molecule has 7 heteroatoms. The predicted molar refractivity (Wildman–Crippen MR) is 136 cm³/mol. The van der Waals surface area contributed by atoms with Crippen molar-refractivity contribution >= 4 is 35.1 Å². The summed E-state index contributed by atoms with van der Waals surface area (Å²) < 4.78 is 5.60. The molecule has 0 unspecified atom stereocenters. The number of ether oxygens (including phenoxy) is 1. The maximum Gasteiger partial charge on any atom is 0.316 e. The van der Waals surface area contributed by atoms with Gasteiger partial charge in [-0.2, -0.15) is 0 Å². The molecule has 2 bridgehead atoms. The SMILES string of the molecule is CCc1ccccc1N1C[C@H](C(=O)Oc2ccc(N3C(=O)[C@@H]4[C@H]5C=C[C@@H]([C@@H]6C[C@@H]56)[C@H]4C3=O)cc2)CC1=O. The molecule has 8 rings (SSSR count). The summed E-state index contributed by atoms with van der Waals surface area (Å²) in [6, 6.07) is 14.3. The van der Waals surface area contributed by atoms with Crippen molar-refractivity contribution < 1.29 is 23.9 Å². The van der Waals surface area contributed by atoms with Crippen LogP contribution in [0.5, 0.6) is 5.75 Å². The predicted octanol–water partition coefficient (Wildman–Crippen LogP) is 3.77. The highest BCUT2D eigenvalue weighted by Gasteiger charge is 2.67. The van der Waals surface area contributed by atoms with Gasteiger partial charge < -0.3 is 9.64 Å². The zero-order valence-electron chi connectivity index (χ0n) is 20.6. The molecule has 4 fully saturated rings. The lowest BCUT2D eigenvalue weighted by atomic mass is 9.63. The number of amides is 3. The minimum atomic E-state index is -0.559. The van der Waals surface area contributed by atoms with Crippen LogP contribution in [0.15, 0.2) is 60.7 Å². The molecule has 37 heavy (non-hydrogen) atoms. The Balaban J connectivity index is 1.04. The zero-order chi connectivity index (χ0) is 25.4. The van der Waals surface area contributed by atoms with Gasteiger partial charge in [0.2, 0.25) is 17.7 Å². The van der Waals surface area contributed by atoms with E-state index in [1.165, 1.54) is 4.90 Å². The molecule has 2 saturated heterocycles. The van der Waals surface area contributed by atoms with E-state index in [1.807, 2.05) is 31.2 Å². The Morgan fingerprint density at radius 3 is 2.22 bits per heavy atom. The number of hydrogen-bond acceptors (Lipinski definition) is 5. The van der Waals surface area contributed by atoms with E-state index in [2.05, 4.69) is 12.2 Å². The Morgan fingerprint density at radius 1 is 0.919 bits per heavy atom. The van der Waals surface area contributed by atoms with Crippen molar-refractivity contribution in [3.8, 4) is 5.75 Å². The van der Waals surface area contributed by atoms with E-state index >= 15 is 0 Å². The lowest BCUT2D eigenvalue weighted by molar-refractivity contribution is -0.139. The summed E-state index contributed by atoms with van der Waals surface area (Å²) in [5.74, 6) is -0.0156. The van der Waals surface area contributed by atoms with E-state index in [4.69, 9.17) is 4.74 Å². The molecule has 2 aromatic rings. The Kier molecular flexibility index (Phi) is 4.94. The van der Waals surface area contributed by atoms with E-state index in [0.29, 0.717) is 23.3 Å². The average Bonchev–Trinajstić information content (AvgIpc) is 3.59. The smallest absolute Gasteiger partial charge is 0.316 e. The molecule has 2 heterocycles. The number of imide groups is 1. The summed E-state index contributed by atoms with van der Waals surface area (Å²) in [5.41, 5.74) is 2.42. The summed E-state index contributed by atoms with van der Waals surface area (Å²) in [4.78, 5) is 55.2. The molecule has 3 amide bonds. The van der Waals surface area contributed by atoms with E-state index in [1.54, 1.807) is 29.2 Å².